The molecule has 0 unspecified atom stereocenters. The van der Waals surface area contributed by atoms with E-state index in [1.807, 2.05) is 12.1 Å². The second-order valence-electron chi connectivity index (χ2n) is 5.21. The minimum Gasteiger partial charge on any atom is -0.313 e. The lowest BCUT2D eigenvalue weighted by molar-refractivity contribution is 0.334. The van der Waals surface area contributed by atoms with E-state index in [0.717, 1.165) is 28.5 Å². The van der Waals surface area contributed by atoms with E-state index in [1.54, 1.807) is 0 Å². The predicted molar refractivity (Wildman–Crippen MR) is 82.1 cm³/mol. The van der Waals surface area contributed by atoms with Crippen LogP contribution in [0.4, 0.5) is 0 Å². The monoisotopic (exact) mass is 329 g/mol. The SMILES string of the molecule is Clc1ccc(Br)cc1CNCCC1CCCCC1. The van der Waals surface area contributed by atoms with Gasteiger partial charge < -0.3 is 5.32 Å². The molecule has 0 aliphatic heterocycles. The molecular formula is C15H21BrClN. The van der Waals surface area contributed by atoms with Crippen molar-refractivity contribution < 1.29 is 0 Å². The molecule has 0 radical (unpaired) electrons. The van der Waals surface area contributed by atoms with Crippen molar-refractivity contribution in [1.29, 1.82) is 0 Å². The Kier molecular flexibility index (Phi) is 6.00. The lowest BCUT2D eigenvalue weighted by Gasteiger charge is -2.21. The van der Waals surface area contributed by atoms with E-state index in [-0.39, 0.29) is 0 Å². The Morgan fingerprint density at radius 3 is 2.78 bits per heavy atom. The maximum atomic E-state index is 6.16. The summed E-state index contributed by atoms with van der Waals surface area (Å²) in [4.78, 5) is 0. The van der Waals surface area contributed by atoms with Gasteiger partial charge in [-0.15, -0.1) is 0 Å². The van der Waals surface area contributed by atoms with Gasteiger partial charge in [-0.25, -0.2) is 0 Å². The molecule has 0 saturated heterocycles. The highest BCUT2D eigenvalue weighted by molar-refractivity contribution is 9.10. The van der Waals surface area contributed by atoms with Gasteiger partial charge in [0.1, 0.15) is 0 Å². The van der Waals surface area contributed by atoms with Crippen molar-refractivity contribution in [2.24, 2.45) is 5.92 Å². The summed E-state index contributed by atoms with van der Waals surface area (Å²) in [6.07, 6.45) is 8.48. The maximum absolute atomic E-state index is 6.16. The van der Waals surface area contributed by atoms with Crippen molar-refractivity contribution in [1.82, 2.24) is 5.32 Å². The average Bonchev–Trinajstić information content (AvgIpc) is 2.40. The number of hydrogen-bond donors (Lipinski definition) is 1. The van der Waals surface area contributed by atoms with Gasteiger partial charge >= 0.3 is 0 Å². The molecule has 1 aliphatic carbocycles. The van der Waals surface area contributed by atoms with Crippen molar-refractivity contribution >= 4 is 27.5 Å². The minimum atomic E-state index is 0.850. The molecule has 1 saturated carbocycles. The highest BCUT2D eigenvalue weighted by Gasteiger charge is 2.12. The predicted octanol–water partition coefficient (Wildman–Crippen LogP) is 5.16. The summed E-state index contributed by atoms with van der Waals surface area (Å²) in [5, 5.41) is 4.36. The van der Waals surface area contributed by atoms with Crippen molar-refractivity contribution in [2.75, 3.05) is 6.54 Å². The molecule has 0 spiro atoms. The number of halogens is 2. The summed E-state index contributed by atoms with van der Waals surface area (Å²) >= 11 is 9.64. The first-order valence-electron chi connectivity index (χ1n) is 6.90. The molecule has 1 nitrogen and oxygen atoms in total. The quantitative estimate of drug-likeness (QED) is 0.735. The zero-order valence-electron chi connectivity index (χ0n) is 10.7. The van der Waals surface area contributed by atoms with Crippen LogP contribution in [0.3, 0.4) is 0 Å². The Labute approximate surface area is 123 Å². The van der Waals surface area contributed by atoms with Gasteiger partial charge in [0.2, 0.25) is 0 Å². The van der Waals surface area contributed by atoms with E-state index >= 15 is 0 Å². The van der Waals surface area contributed by atoms with Crippen LogP contribution in [0.15, 0.2) is 22.7 Å². The van der Waals surface area contributed by atoms with Gasteiger partial charge in [-0.05, 0) is 42.6 Å². The molecule has 0 atom stereocenters. The maximum Gasteiger partial charge on any atom is 0.0451 e. The summed E-state index contributed by atoms with van der Waals surface area (Å²) < 4.78 is 1.09. The average molecular weight is 331 g/mol. The summed E-state index contributed by atoms with van der Waals surface area (Å²) in [6, 6.07) is 6.02. The van der Waals surface area contributed by atoms with Crippen molar-refractivity contribution in [3.63, 3.8) is 0 Å². The molecule has 0 bridgehead atoms. The topological polar surface area (TPSA) is 12.0 Å². The van der Waals surface area contributed by atoms with Crippen molar-refractivity contribution in [2.45, 2.75) is 45.1 Å². The normalized spacial score (nSPS) is 17.0. The molecule has 1 aromatic rings. The molecular weight excluding hydrogens is 310 g/mol. The zero-order chi connectivity index (χ0) is 12.8. The van der Waals surface area contributed by atoms with Crippen LogP contribution >= 0.6 is 27.5 Å². The van der Waals surface area contributed by atoms with Gasteiger partial charge in [-0.2, -0.15) is 0 Å². The fourth-order valence-corrected chi connectivity index (χ4v) is 3.28. The molecule has 0 heterocycles. The summed E-state index contributed by atoms with van der Waals surface area (Å²) in [6.45, 7) is 1.97. The molecule has 1 aromatic carbocycles. The summed E-state index contributed by atoms with van der Waals surface area (Å²) in [5.41, 5.74) is 1.18. The second-order valence-corrected chi connectivity index (χ2v) is 6.53. The molecule has 0 amide bonds. The number of rotatable bonds is 5. The zero-order valence-corrected chi connectivity index (χ0v) is 13.1. The third-order valence-electron chi connectivity index (χ3n) is 3.78. The van der Waals surface area contributed by atoms with Gasteiger partial charge in [-0.3, -0.25) is 0 Å². The Morgan fingerprint density at radius 2 is 2.00 bits per heavy atom. The fourth-order valence-electron chi connectivity index (χ4n) is 2.68. The lowest BCUT2D eigenvalue weighted by Crippen LogP contribution is -2.19. The van der Waals surface area contributed by atoms with E-state index in [0.29, 0.717) is 0 Å². The van der Waals surface area contributed by atoms with Crippen LogP contribution in [0, 0.1) is 5.92 Å². The van der Waals surface area contributed by atoms with Gasteiger partial charge in [0.05, 0.1) is 0 Å². The van der Waals surface area contributed by atoms with Crippen LogP contribution in [0.25, 0.3) is 0 Å². The molecule has 2 rings (SSSR count). The van der Waals surface area contributed by atoms with Crippen LogP contribution in [0.5, 0.6) is 0 Å². The highest BCUT2D eigenvalue weighted by Crippen LogP contribution is 2.26. The van der Waals surface area contributed by atoms with E-state index in [4.69, 9.17) is 11.6 Å². The van der Waals surface area contributed by atoms with Crippen LogP contribution < -0.4 is 5.32 Å². The third kappa shape index (κ3) is 4.56. The first-order valence-corrected chi connectivity index (χ1v) is 8.07. The Balaban J connectivity index is 1.69. The van der Waals surface area contributed by atoms with Crippen LogP contribution in [0.1, 0.15) is 44.1 Å². The van der Waals surface area contributed by atoms with Crippen LogP contribution in [0.2, 0.25) is 5.02 Å². The Hall–Kier alpha value is -0.0500. The fraction of sp³-hybridized carbons (Fsp3) is 0.600. The van der Waals surface area contributed by atoms with E-state index in [1.165, 1.54) is 44.1 Å². The second kappa shape index (κ2) is 7.52. The molecule has 3 heteroatoms. The van der Waals surface area contributed by atoms with Gasteiger partial charge in [0.25, 0.3) is 0 Å². The van der Waals surface area contributed by atoms with E-state index in [9.17, 15) is 0 Å². The summed E-state index contributed by atoms with van der Waals surface area (Å²) in [7, 11) is 0. The first-order chi connectivity index (χ1) is 8.75. The summed E-state index contributed by atoms with van der Waals surface area (Å²) in [5.74, 6) is 0.948. The molecule has 0 aromatic heterocycles. The minimum absolute atomic E-state index is 0.850. The van der Waals surface area contributed by atoms with Crippen LogP contribution in [-0.2, 0) is 6.54 Å². The third-order valence-corrected chi connectivity index (χ3v) is 4.64. The Bertz CT molecular complexity index is 375. The van der Waals surface area contributed by atoms with E-state index in [2.05, 4.69) is 27.3 Å². The number of hydrogen-bond acceptors (Lipinski definition) is 1. The van der Waals surface area contributed by atoms with Gasteiger partial charge in [0, 0.05) is 16.0 Å². The molecule has 1 aliphatic rings. The smallest absolute Gasteiger partial charge is 0.0451 e. The van der Waals surface area contributed by atoms with Crippen molar-refractivity contribution in [3.05, 3.63) is 33.3 Å². The highest BCUT2D eigenvalue weighted by atomic mass is 79.9. The lowest BCUT2D eigenvalue weighted by atomic mass is 9.87. The first kappa shape index (κ1) is 14.4. The Morgan fingerprint density at radius 1 is 1.22 bits per heavy atom. The molecule has 1 N–H and O–H groups in total. The standard InChI is InChI=1S/C15H21BrClN/c16-14-6-7-15(17)13(10-14)11-18-9-8-12-4-2-1-3-5-12/h6-7,10,12,18H,1-5,8-9,11H2. The largest absolute Gasteiger partial charge is 0.313 e. The van der Waals surface area contributed by atoms with Crippen LogP contribution in [-0.4, -0.2) is 6.54 Å². The van der Waals surface area contributed by atoms with Gasteiger partial charge in [0.15, 0.2) is 0 Å². The van der Waals surface area contributed by atoms with Gasteiger partial charge in [-0.1, -0.05) is 59.6 Å². The number of benzene rings is 1. The van der Waals surface area contributed by atoms with E-state index < -0.39 is 0 Å². The molecule has 1 fully saturated rings. The molecule has 100 valence electrons. The number of nitrogens with one attached hydrogen (secondary N) is 1. The van der Waals surface area contributed by atoms with Crippen molar-refractivity contribution in [3.8, 4) is 0 Å². The molecule has 18 heavy (non-hydrogen) atoms.